The van der Waals surface area contributed by atoms with E-state index in [0.29, 0.717) is 17.1 Å². The van der Waals surface area contributed by atoms with E-state index >= 15 is 0 Å². The van der Waals surface area contributed by atoms with Crippen LogP contribution in [0.15, 0.2) is 54.6 Å². The number of aryl methyl sites for hydroxylation is 1. The number of hydrogen-bond acceptors (Lipinski definition) is 4. The van der Waals surface area contributed by atoms with Gasteiger partial charge in [-0.05, 0) is 49.2 Å². The molecule has 6 heteroatoms. The van der Waals surface area contributed by atoms with Gasteiger partial charge in [0.2, 0.25) is 0 Å². The SMILES string of the molecule is Cc1nn(Cc2ccccc2Cl)c(C)c1/C=C/C(=O)OCc1ccc(C#N)cc1. The van der Waals surface area contributed by atoms with Crippen LogP contribution in [0.25, 0.3) is 6.08 Å². The minimum atomic E-state index is -0.438. The fraction of sp³-hybridized carbons (Fsp3) is 0.174. The van der Waals surface area contributed by atoms with Crippen molar-refractivity contribution in [3.05, 3.63) is 93.3 Å². The zero-order chi connectivity index (χ0) is 20.8. The average Bonchev–Trinajstić information content (AvgIpc) is 2.99. The summed E-state index contributed by atoms with van der Waals surface area (Å²) in [6, 6.07) is 16.6. The second kappa shape index (κ2) is 9.22. The largest absolute Gasteiger partial charge is 0.458 e. The molecule has 0 atom stereocenters. The molecule has 0 spiro atoms. The molecule has 0 aliphatic carbocycles. The van der Waals surface area contributed by atoms with Gasteiger partial charge in [0.1, 0.15) is 6.61 Å². The van der Waals surface area contributed by atoms with Gasteiger partial charge in [0.15, 0.2) is 0 Å². The summed E-state index contributed by atoms with van der Waals surface area (Å²) in [6.07, 6.45) is 3.13. The summed E-state index contributed by atoms with van der Waals surface area (Å²) in [7, 11) is 0. The molecule has 2 aromatic carbocycles. The molecule has 146 valence electrons. The molecule has 0 bridgehead atoms. The van der Waals surface area contributed by atoms with Crippen LogP contribution in [0.1, 0.15) is 33.6 Å². The summed E-state index contributed by atoms with van der Waals surface area (Å²) in [5, 5.41) is 14.1. The number of carbonyl (C=O) groups excluding carboxylic acids is 1. The van der Waals surface area contributed by atoms with Gasteiger partial charge < -0.3 is 4.74 Å². The van der Waals surface area contributed by atoms with E-state index in [9.17, 15) is 4.79 Å². The third kappa shape index (κ3) is 5.13. The first-order valence-electron chi connectivity index (χ1n) is 9.09. The summed E-state index contributed by atoms with van der Waals surface area (Å²) < 4.78 is 7.14. The summed E-state index contributed by atoms with van der Waals surface area (Å²) in [5.74, 6) is -0.438. The average molecular weight is 406 g/mol. The van der Waals surface area contributed by atoms with Crippen molar-refractivity contribution in [3.8, 4) is 6.07 Å². The maximum Gasteiger partial charge on any atom is 0.331 e. The van der Waals surface area contributed by atoms with Crippen molar-refractivity contribution in [2.45, 2.75) is 27.0 Å². The van der Waals surface area contributed by atoms with E-state index in [-0.39, 0.29) is 6.61 Å². The number of hydrogen-bond donors (Lipinski definition) is 0. The number of halogens is 1. The molecule has 0 amide bonds. The molecule has 29 heavy (non-hydrogen) atoms. The molecule has 0 radical (unpaired) electrons. The van der Waals surface area contributed by atoms with Crippen LogP contribution in [0.5, 0.6) is 0 Å². The second-order valence-electron chi connectivity index (χ2n) is 6.58. The fourth-order valence-electron chi connectivity index (χ4n) is 2.92. The normalized spacial score (nSPS) is 10.8. The molecule has 3 rings (SSSR count). The smallest absolute Gasteiger partial charge is 0.331 e. The minimum Gasteiger partial charge on any atom is -0.458 e. The number of benzene rings is 2. The van der Waals surface area contributed by atoms with E-state index in [1.54, 1.807) is 30.3 Å². The van der Waals surface area contributed by atoms with Crippen molar-refractivity contribution in [3.63, 3.8) is 0 Å². The molecule has 0 N–H and O–H groups in total. The van der Waals surface area contributed by atoms with Gasteiger partial charge in [-0.15, -0.1) is 0 Å². The van der Waals surface area contributed by atoms with Crippen LogP contribution in [-0.2, 0) is 22.7 Å². The van der Waals surface area contributed by atoms with Gasteiger partial charge >= 0.3 is 5.97 Å². The standard InChI is InChI=1S/C23H20ClN3O2/c1-16-21(17(2)27(26-16)14-20-5-3-4-6-22(20)24)11-12-23(28)29-15-19-9-7-18(13-25)8-10-19/h3-12H,14-15H2,1-2H3/b12-11+. The maximum atomic E-state index is 12.1. The van der Waals surface area contributed by atoms with Crippen molar-refractivity contribution >= 4 is 23.6 Å². The highest BCUT2D eigenvalue weighted by Crippen LogP contribution is 2.20. The Hall–Kier alpha value is -3.36. The van der Waals surface area contributed by atoms with Crippen LogP contribution in [0.2, 0.25) is 5.02 Å². The quantitative estimate of drug-likeness (QED) is 0.435. The minimum absolute atomic E-state index is 0.151. The van der Waals surface area contributed by atoms with Crippen LogP contribution >= 0.6 is 11.6 Å². The van der Waals surface area contributed by atoms with Crippen molar-refractivity contribution in [1.29, 1.82) is 5.26 Å². The molecule has 1 aromatic heterocycles. The lowest BCUT2D eigenvalue weighted by atomic mass is 10.1. The fourth-order valence-corrected chi connectivity index (χ4v) is 3.12. The Morgan fingerprint density at radius 3 is 2.62 bits per heavy atom. The summed E-state index contributed by atoms with van der Waals surface area (Å²) in [6.45, 7) is 4.57. The number of carbonyl (C=O) groups is 1. The Kier molecular flexibility index (Phi) is 6.48. The van der Waals surface area contributed by atoms with Crippen LogP contribution in [0, 0.1) is 25.2 Å². The highest BCUT2D eigenvalue weighted by atomic mass is 35.5. The van der Waals surface area contributed by atoms with E-state index in [2.05, 4.69) is 11.2 Å². The van der Waals surface area contributed by atoms with Gasteiger partial charge in [-0.25, -0.2) is 4.79 Å². The van der Waals surface area contributed by atoms with Crippen LogP contribution < -0.4 is 0 Å². The molecule has 1 heterocycles. The summed E-state index contributed by atoms with van der Waals surface area (Å²) in [5.41, 5.74) is 5.03. The molecule has 0 saturated carbocycles. The van der Waals surface area contributed by atoms with Gasteiger partial charge in [0.05, 0.1) is 23.9 Å². The van der Waals surface area contributed by atoms with Gasteiger partial charge in [0, 0.05) is 22.4 Å². The lowest BCUT2D eigenvalue weighted by Crippen LogP contribution is -2.04. The molecular formula is C23H20ClN3O2. The first kappa shape index (κ1) is 20.4. The highest BCUT2D eigenvalue weighted by Gasteiger charge is 2.11. The molecular weight excluding hydrogens is 386 g/mol. The van der Waals surface area contributed by atoms with Crippen molar-refractivity contribution in [2.24, 2.45) is 0 Å². The van der Waals surface area contributed by atoms with Crippen LogP contribution in [0.3, 0.4) is 0 Å². The van der Waals surface area contributed by atoms with Gasteiger partial charge in [0.25, 0.3) is 0 Å². The molecule has 0 aliphatic heterocycles. The third-order valence-corrected chi connectivity index (χ3v) is 4.93. The highest BCUT2D eigenvalue weighted by molar-refractivity contribution is 6.31. The molecule has 3 aromatic rings. The monoisotopic (exact) mass is 405 g/mol. The number of aromatic nitrogens is 2. The Morgan fingerprint density at radius 2 is 1.93 bits per heavy atom. The van der Waals surface area contributed by atoms with E-state index < -0.39 is 5.97 Å². The molecule has 0 unspecified atom stereocenters. The van der Waals surface area contributed by atoms with E-state index in [0.717, 1.165) is 28.1 Å². The Morgan fingerprint density at radius 1 is 1.21 bits per heavy atom. The summed E-state index contributed by atoms with van der Waals surface area (Å²) in [4.78, 5) is 12.1. The number of ether oxygens (including phenoxy) is 1. The molecule has 0 aliphatic rings. The van der Waals surface area contributed by atoms with Crippen LogP contribution in [-0.4, -0.2) is 15.7 Å². The third-order valence-electron chi connectivity index (χ3n) is 4.57. The van der Waals surface area contributed by atoms with Crippen LogP contribution in [0.4, 0.5) is 0 Å². The number of nitriles is 1. The van der Waals surface area contributed by atoms with Crippen molar-refractivity contribution in [2.75, 3.05) is 0 Å². The first-order chi connectivity index (χ1) is 14.0. The van der Waals surface area contributed by atoms with Crippen molar-refractivity contribution < 1.29 is 9.53 Å². The topological polar surface area (TPSA) is 67.9 Å². The predicted molar refractivity (Wildman–Crippen MR) is 112 cm³/mol. The van der Waals surface area contributed by atoms with E-state index in [1.165, 1.54) is 6.08 Å². The zero-order valence-electron chi connectivity index (χ0n) is 16.2. The van der Waals surface area contributed by atoms with Gasteiger partial charge in [-0.2, -0.15) is 10.4 Å². The van der Waals surface area contributed by atoms with Gasteiger partial charge in [-0.3, -0.25) is 4.68 Å². The maximum absolute atomic E-state index is 12.1. The Labute approximate surface area is 174 Å². The Balaban J connectivity index is 1.65. The molecule has 0 fully saturated rings. The van der Waals surface area contributed by atoms with Crippen molar-refractivity contribution in [1.82, 2.24) is 9.78 Å². The van der Waals surface area contributed by atoms with E-state index in [1.807, 2.05) is 42.8 Å². The summed E-state index contributed by atoms with van der Waals surface area (Å²) >= 11 is 6.25. The lowest BCUT2D eigenvalue weighted by Gasteiger charge is -2.06. The Bertz CT molecular complexity index is 1090. The predicted octanol–water partition coefficient (Wildman–Crippen LogP) is 4.83. The number of rotatable bonds is 6. The number of nitrogens with zero attached hydrogens (tertiary/aromatic N) is 3. The molecule has 5 nitrogen and oxygen atoms in total. The lowest BCUT2D eigenvalue weighted by molar-refractivity contribution is -0.138. The second-order valence-corrected chi connectivity index (χ2v) is 6.99. The first-order valence-corrected chi connectivity index (χ1v) is 9.47. The molecule has 0 saturated heterocycles. The zero-order valence-corrected chi connectivity index (χ0v) is 17.0. The van der Waals surface area contributed by atoms with Gasteiger partial charge in [-0.1, -0.05) is 41.9 Å². The van der Waals surface area contributed by atoms with E-state index in [4.69, 9.17) is 21.6 Å². The number of esters is 1.